The lowest BCUT2D eigenvalue weighted by Gasteiger charge is -2.39. The molecule has 1 aromatic heterocycles. The Morgan fingerprint density at radius 1 is 1.38 bits per heavy atom. The van der Waals surface area contributed by atoms with Gasteiger partial charge >= 0.3 is 0 Å². The summed E-state index contributed by atoms with van der Waals surface area (Å²) < 4.78 is 36.9. The third-order valence-electron chi connectivity index (χ3n) is 5.03. The number of sulfonamides is 1. The first-order valence-electron chi connectivity index (χ1n) is 8.10. The van der Waals surface area contributed by atoms with E-state index in [9.17, 15) is 13.2 Å². The van der Waals surface area contributed by atoms with E-state index >= 15 is 0 Å². The first kappa shape index (κ1) is 17.4. The highest BCUT2D eigenvalue weighted by molar-refractivity contribution is 7.89. The number of likely N-dealkylation sites (tertiary alicyclic amines) is 1. The van der Waals surface area contributed by atoms with Crippen LogP contribution in [0.15, 0.2) is 15.6 Å². The standard InChI is InChI=1S/C15H23N3O5S/c1-12-13(10-16-23-12)24(20,21)18-7-5-15(11-18)4-3-6-17(14(15)19)8-9-22-2/h10H,3-9,11H2,1-2H3. The van der Waals surface area contributed by atoms with Gasteiger partial charge in [-0.3, -0.25) is 4.79 Å². The minimum absolute atomic E-state index is 0.0468. The van der Waals surface area contributed by atoms with Crippen molar-refractivity contribution in [1.29, 1.82) is 0 Å². The maximum atomic E-state index is 12.9. The molecule has 0 aromatic carbocycles. The Balaban J connectivity index is 1.79. The molecule has 0 bridgehead atoms. The summed E-state index contributed by atoms with van der Waals surface area (Å²) in [5, 5.41) is 3.55. The second-order valence-corrected chi connectivity index (χ2v) is 8.41. The molecule has 0 saturated carbocycles. The minimum atomic E-state index is -3.68. The molecule has 1 atom stereocenters. The van der Waals surface area contributed by atoms with Gasteiger partial charge in [0, 0.05) is 33.3 Å². The summed E-state index contributed by atoms with van der Waals surface area (Å²) in [6, 6.07) is 0. The SMILES string of the molecule is COCCN1CCCC2(CCN(S(=O)(=O)c3cnoc3C)C2)C1=O. The predicted octanol–water partition coefficient (Wildman–Crippen LogP) is 0.633. The number of hydrogen-bond acceptors (Lipinski definition) is 6. The molecule has 2 aliphatic rings. The van der Waals surface area contributed by atoms with Crippen molar-refractivity contribution in [1.82, 2.24) is 14.4 Å². The molecule has 2 saturated heterocycles. The smallest absolute Gasteiger partial charge is 0.248 e. The van der Waals surface area contributed by atoms with Gasteiger partial charge in [-0.1, -0.05) is 5.16 Å². The van der Waals surface area contributed by atoms with E-state index in [1.165, 1.54) is 10.5 Å². The molecule has 9 heteroatoms. The van der Waals surface area contributed by atoms with Gasteiger partial charge in [0.15, 0.2) is 5.76 Å². The van der Waals surface area contributed by atoms with Crippen LogP contribution in [0, 0.1) is 12.3 Å². The van der Waals surface area contributed by atoms with Crippen molar-refractivity contribution < 1.29 is 22.5 Å². The zero-order valence-electron chi connectivity index (χ0n) is 14.0. The Morgan fingerprint density at radius 3 is 2.83 bits per heavy atom. The minimum Gasteiger partial charge on any atom is -0.383 e. The van der Waals surface area contributed by atoms with Gasteiger partial charge in [0.05, 0.1) is 18.2 Å². The van der Waals surface area contributed by atoms with Crippen LogP contribution >= 0.6 is 0 Å². The molecule has 3 rings (SSSR count). The maximum absolute atomic E-state index is 12.9. The molecule has 8 nitrogen and oxygen atoms in total. The van der Waals surface area contributed by atoms with Crippen LogP contribution in [0.1, 0.15) is 25.0 Å². The monoisotopic (exact) mass is 357 g/mol. The van der Waals surface area contributed by atoms with Gasteiger partial charge in [-0.05, 0) is 26.2 Å². The summed E-state index contributed by atoms with van der Waals surface area (Å²) in [5.74, 6) is 0.318. The summed E-state index contributed by atoms with van der Waals surface area (Å²) in [7, 11) is -2.07. The molecule has 3 heterocycles. The lowest BCUT2D eigenvalue weighted by molar-refractivity contribution is -0.146. The molecule has 1 aromatic rings. The third kappa shape index (κ3) is 2.84. The van der Waals surface area contributed by atoms with E-state index in [1.807, 2.05) is 0 Å². The Bertz CT molecular complexity index is 716. The summed E-state index contributed by atoms with van der Waals surface area (Å²) in [4.78, 5) is 14.8. The van der Waals surface area contributed by atoms with Crippen molar-refractivity contribution in [2.45, 2.75) is 31.1 Å². The van der Waals surface area contributed by atoms with E-state index in [0.29, 0.717) is 32.7 Å². The van der Waals surface area contributed by atoms with Crippen molar-refractivity contribution in [2.75, 3.05) is 39.9 Å². The predicted molar refractivity (Wildman–Crippen MR) is 84.7 cm³/mol. The fraction of sp³-hybridized carbons (Fsp3) is 0.733. The van der Waals surface area contributed by atoms with Crippen molar-refractivity contribution in [2.24, 2.45) is 5.41 Å². The largest absolute Gasteiger partial charge is 0.383 e. The summed E-state index contributed by atoms with van der Waals surface area (Å²) in [5.41, 5.74) is -0.607. The van der Waals surface area contributed by atoms with Crippen LogP contribution in [0.4, 0.5) is 0 Å². The van der Waals surface area contributed by atoms with Gasteiger partial charge in [-0.25, -0.2) is 8.42 Å². The Kier molecular flexibility index (Phi) is 4.67. The third-order valence-corrected chi connectivity index (χ3v) is 6.97. The second-order valence-electron chi connectivity index (χ2n) is 6.50. The van der Waals surface area contributed by atoms with Gasteiger partial charge in [-0.15, -0.1) is 0 Å². The van der Waals surface area contributed by atoms with Gasteiger partial charge in [0.1, 0.15) is 4.90 Å². The Hall–Kier alpha value is -1.45. The van der Waals surface area contributed by atoms with Crippen LogP contribution in [0.25, 0.3) is 0 Å². The highest BCUT2D eigenvalue weighted by atomic mass is 32.2. The van der Waals surface area contributed by atoms with Crippen molar-refractivity contribution in [3.05, 3.63) is 12.0 Å². The van der Waals surface area contributed by atoms with Crippen molar-refractivity contribution in [3.8, 4) is 0 Å². The first-order chi connectivity index (χ1) is 11.4. The zero-order valence-corrected chi connectivity index (χ0v) is 14.8. The molecule has 0 aliphatic carbocycles. The van der Waals surface area contributed by atoms with Crippen molar-refractivity contribution in [3.63, 3.8) is 0 Å². The molecule has 1 amide bonds. The van der Waals surface area contributed by atoms with Gasteiger partial charge in [0.25, 0.3) is 0 Å². The topological polar surface area (TPSA) is 92.9 Å². The van der Waals surface area contributed by atoms with Gasteiger partial charge in [0.2, 0.25) is 15.9 Å². The molecule has 24 heavy (non-hydrogen) atoms. The van der Waals surface area contributed by atoms with Crippen LogP contribution in [-0.2, 0) is 19.6 Å². The molecular weight excluding hydrogens is 334 g/mol. The number of carbonyl (C=O) groups excluding carboxylic acids is 1. The van der Waals surface area contributed by atoms with Crippen LogP contribution in [0.3, 0.4) is 0 Å². The molecule has 2 fully saturated rings. The highest BCUT2D eigenvalue weighted by Crippen LogP contribution is 2.42. The van der Waals surface area contributed by atoms with Gasteiger partial charge in [-0.2, -0.15) is 4.31 Å². The number of rotatable bonds is 5. The molecular formula is C15H23N3O5S. The maximum Gasteiger partial charge on any atom is 0.248 e. The number of aryl methyl sites for hydroxylation is 1. The summed E-state index contributed by atoms with van der Waals surface area (Å²) in [6.07, 6.45) is 3.39. The molecule has 1 spiro atoms. The summed E-state index contributed by atoms with van der Waals surface area (Å²) >= 11 is 0. The van der Waals surface area contributed by atoms with Crippen LogP contribution in [0.2, 0.25) is 0 Å². The number of hydrogen-bond donors (Lipinski definition) is 0. The normalized spacial score (nSPS) is 25.8. The molecule has 1 unspecified atom stereocenters. The quantitative estimate of drug-likeness (QED) is 0.767. The van der Waals surface area contributed by atoms with Crippen LogP contribution in [-0.4, -0.2) is 68.6 Å². The molecule has 0 radical (unpaired) electrons. The van der Waals surface area contributed by atoms with E-state index in [4.69, 9.17) is 9.26 Å². The number of nitrogens with zero attached hydrogens (tertiary/aromatic N) is 3. The fourth-order valence-corrected chi connectivity index (χ4v) is 5.27. The number of methoxy groups -OCH3 is 1. The highest BCUT2D eigenvalue weighted by Gasteiger charge is 2.51. The average molecular weight is 357 g/mol. The van der Waals surface area contributed by atoms with E-state index in [-0.39, 0.29) is 23.1 Å². The number of amides is 1. The lowest BCUT2D eigenvalue weighted by atomic mass is 9.78. The zero-order chi connectivity index (χ0) is 17.4. The number of aromatic nitrogens is 1. The molecule has 0 N–H and O–H groups in total. The number of carbonyl (C=O) groups is 1. The molecule has 2 aliphatic heterocycles. The molecule has 134 valence electrons. The lowest BCUT2D eigenvalue weighted by Crippen LogP contribution is -2.51. The second kappa shape index (κ2) is 6.45. The van der Waals surface area contributed by atoms with E-state index < -0.39 is 15.4 Å². The number of piperidine rings is 1. The van der Waals surface area contributed by atoms with E-state index in [1.54, 1.807) is 18.9 Å². The van der Waals surface area contributed by atoms with Crippen LogP contribution in [0.5, 0.6) is 0 Å². The number of ether oxygens (including phenoxy) is 1. The Labute approximate surface area is 141 Å². The Morgan fingerprint density at radius 2 is 2.17 bits per heavy atom. The fourth-order valence-electron chi connectivity index (χ4n) is 3.66. The van der Waals surface area contributed by atoms with Crippen LogP contribution < -0.4 is 0 Å². The average Bonchev–Trinajstić information content (AvgIpc) is 3.17. The summed E-state index contributed by atoms with van der Waals surface area (Å²) in [6.45, 7) is 3.89. The van der Waals surface area contributed by atoms with E-state index in [0.717, 1.165) is 12.8 Å². The van der Waals surface area contributed by atoms with Crippen molar-refractivity contribution >= 4 is 15.9 Å². The van der Waals surface area contributed by atoms with E-state index in [2.05, 4.69) is 5.16 Å². The van der Waals surface area contributed by atoms with Gasteiger partial charge < -0.3 is 14.2 Å². The first-order valence-corrected chi connectivity index (χ1v) is 9.54.